The van der Waals surface area contributed by atoms with Gasteiger partial charge in [-0.05, 0) is 42.9 Å². The first-order valence-electron chi connectivity index (χ1n) is 9.53. The third-order valence-electron chi connectivity index (χ3n) is 4.84. The molecule has 2 aromatic rings. The highest BCUT2D eigenvalue weighted by atomic mass is 32.2. The minimum atomic E-state index is -0.340. The summed E-state index contributed by atoms with van der Waals surface area (Å²) in [5, 5.41) is 9.26. The molecule has 1 aliphatic carbocycles. The van der Waals surface area contributed by atoms with E-state index in [1.54, 1.807) is 0 Å². The van der Waals surface area contributed by atoms with E-state index in [9.17, 15) is 9.59 Å². The number of carbonyl (C=O) groups excluding carboxylic acids is 2. The van der Waals surface area contributed by atoms with Crippen LogP contribution in [-0.4, -0.2) is 32.2 Å². The van der Waals surface area contributed by atoms with E-state index >= 15 is 0 Å². The number of thioether (sulfide) groups is 1. The average Bonchev–Trinajstić information content (AvgIpc) is 3.43. The molecule has 1 amide bonds. The Labute approximate surface area is 163 Å². The van der Waals surface area contributed by atoms with Crippen LogP contribution in [0.5, 0.6) is 0 Å². The lowest BCUT2D eigenvalue weighted by molar-refractivity contribution is -0.118. The zero-order valence-electron chi connectivity index (χ0n) is 15.9. The highest BCUT2D eigenvalue weighted by Gasteiger charge is 2.30. The third kappa shape index (κ3) is 4.77. The van der Waals surface area contributed by atoms with E-state index in [-0.39, 0.29) is 18.1 Å². The summed E-state index contributed by atoms with van der Waals surface area (Å²) in [4.78, 5) is 23.9. The lowest BCUT2D eigenvalue weighted by atomic mass is 9.98. The number of aromatic nitrogens is 3. The molecule has 0 unspecified atom stereocenters. The van der Waals surface area contributed by atoms with Crippen LogP contribution < -0.4 is 5.73 Å². The van der Waals surface area contributed by atoms with Crippen LogP contribution in [0.1, 0.15) is 66.5 Å². The van der Waals surface area contributed by atoms with E-state index in [4.69, 9.17) is 5.73 Å². The number of aryl methyl sites for hydroxylation is 3. The van der Waals surface area contributed by atoms with E-state index in [2.05, 4.69) is 40.7 Å². The molecule has 1 saturated carbocycles. The summed E-state index contributed by atoms with van der Waals surface area (Å²) >= 11 is 1.43. The van der Waals surface area contributed by atoms with Crippen LogP contribution in [0.25, 0.3) is 0 Å². The van der Waals surface area contributed by atoms with Crippen molar-refractivity contribution in [1.29, 1.82) is 0 Å². The molecule has 0 atom stereocenters. The Morgan fingerprint density at radius 2 is 2.00 bits per heavy atom. The van der Waals surface area contributed by atoms with Crippen molar-refractivity contribution in [1.82, 2.24) is 14.8 Å². The maximum atomic E-state index is 12.8. The molecule has 0 radical (unpaired) electrons. The Hall–Kier alpha value is -2.15. The van der Waals surface area contributed by atoms with Crippen molar-refractivity contribution in [2.75, 3.05) is 5.75 Å². The Balaban J connectivity index is 1.73. The van der Waals surface area contributed by atoms with Gasteiger partial charge in [-0.15, -0.1) is 10.2 Å². The van der Waals surface area contributed by atoms with Gasteiger partial charge >= 0.3 is 0 Å². The summed E-state index contributed by atoms with van der Waals surface area (Å²) < 4.78 is 2.09. The fraction of sp³-hybridized carbons (Fsp3) is 0.500. The van der Waals surface area contributed by atoms with Gasteiger partial charge in [-0.3, -0.25) is 9.59 Å². The monoisotopic (exact) mass is 386 g/mol. The summed E-state index contributed by atoms with van der Waals surface area (Å²) in [6.07, 6.45) is 4.68. The second-order valence-electron chi connectivity index (χ2n) is 6.88. The number of primary amides is 1. The first-order chi connectivity index (χ1) is 13.0. The lowest BCUT2D eigenvalue weighted by Crippen LogP contribution is -2.13. The molecule has 1 heterocycles. The van der Waals surface area contributed by atoms with Crippen LogP contribution in [0.3, 0.4) is 0 Å². The predicted octanol–water partition coefficient (Wildman–Crippen LogP) is 3.13. The molecule has 2 N–H and O–H groups in total. The smallest absolute Gasteiger partial charge is 0.217 e. The highest BCUT2D eigenvalue weighted by Crippen LogP contribution is 2.39. The lowest BCUT2D eigenvalue weighted by Gasteiger charge is -2.10. The zero-order chi connectivity index (χ0) is 19.4. The molecule has 144 valence electrons. The highest BCUT2D eigenvalue weighted by molar-refractivity contribution is 7.99. The molecule has 3 rings (SSSR count). The Morgan fingerprint density at radius 3 is 2.63 bits per heavy atom. The van der Waals surface area contributed by atoms with E-state index in [1.807, 2.05) is 6.07 Å². The topological polar surface area (TPSA) is 90.9 Å². The van der Waals surface area contributed by atoms with Gasteiger partial charge < -0.3 is 10.3 Å². The molecular formula is C20H26N4O2S. The van der Waals surface area contributed by atoms with Crippen LogP contribution in [0, 0.1) is 0 Å². The Morgan fingerprint density at radius 1 is 1.22 bits per heavy atom. The van der Waals surface area contributed by atoms with Crippen LogP contribution >= 0.6 is 11.8 Å². The summed E-state index contributed by atoms with van der Waals surface area (Å²) in [5.74, 6) is 0.901. The number of benzene rings is 1. The van der Waals surface area contributed by atoms with Gasteiger partial charge in [0.25, 0.3) is 0 Å². The molecule has 1 aromatic heterocycles. The Bertz CT molecular complexity index is 843. The van der Waals surface area contributed by atoms with Gasteiger partial charge in [0.05, 0.1) is 5.75 Å². The molecule has 1 aromatic carbocycles. The maximum Gasteiger partial charge on any atom is 0.217 e. The molecule has 6 nitrogen and oxygen atoms in total. The van der Waals surface area contributed by atoms with Gasteiger partial charge in [-0.2, -0.15) is 0 Å². The normalized spacial score (nSPS) is 13.7. The second-order valence-corrected chi connectivity index (χ2v) is 7.82. The number of amides is 1. The van der Waals surface area contributed by atoms with Gasteiger partial charge in [0.1, 0.15) is 5.82 Å². The predicted molar refractivity (Wildman–Crippen MR) is 106 cm³/mol. The first-order valence-corrected chi connectivity index (χ1v) is 10.5. The van der Waals surface area contributed by atoms with Crippen molar-refractivity contribution in [2.24, 2.45) is 5.73 Å². The molecule has 1 fully saturated rings. The number of nitrogens with zero attached hydrogens (tertiary/aromatic N) is 3. The standard InChI is InChI=1S/C20H26N4O2S/c1-3-13-5-6-14(4-2)16(11-13)17(25)12-27-20-23-22-19(10-9-18(21)26)24(20)15-7-8-15/h5-6,11,15H,3-4,7-10,12H2,1-2H3,(H2,21,26). The zero-order valence-corrected chi connectivity index (χ0v) is 16.7. The van der Waals surface area contributed by atoms with Gasteiger partial charge in [0.15, 0.2) is 10.9 Å². The van der Waals surface area contributed by atoms with Crippen LogP contribution in [-0.2, 0) is 24.1 Å². The van der Waals surface area contributed by atoms with Gasteiger partial charge in [0.2, 0.25) is 5.91 Å². The number of hydrogen-bond donors (Lipinski definition) is 1. The largest absolute Gasteiger partial charge is 0.370 e. The van der Waals surface area contributed by atoms with Crippen molar-refractivity contribution in [3.63, 3.8) is 0 Å². The van der Waals surface area contributed by atoms with Gasteiger partial charge in [-0.1, -0.05) is 37.7 Å². The number of ketones is 1. The van der Waals surface area contributed by atoms with Crippen molar-refractivity contribution < 1.29 is 9.59 Å². The molecular weight excluding hydrogens is 360 g/mol. The fourth-order valence-corrected chi connectivity index (χ4v) is 4.04. The molecule has 0 bridgehead atoms. The van der Waals surface area contributed by atoms with E-state index in [1.165, 1.54) is 17.3 Å². The van der Waals surface area contributed by atoms with Crippen molar-refractivity contribution in [3.05, 3.63) is 40.7 Å². The number of rotatable bonds is 10. The molecule has 1 aliphatic rings. The van der Waals surface area contributed by atoms with Crippen molar-refractivity contribution in [2.45, 2.75) is 63.6 Å². The van der Waals surface area contributed by atoms with Gasteiger partial charge in [0, 0.05) is 24.4 Å². The maximum absolute atomic E-state index is 12.8. The quantitative estimate of drug-likeness (QED) is 0.500. The van der Waals surface area contributed by atoms with E-state index < -0.39 is 0 Å². The molecule has 0 aliphatic heterocycles. The summed E-state index contributed by atoms with van der Waals surface area (Å²) in [6.45, 7) is 4.16. The third-order valence-corrected chi connectivity index (χ3v) is 5.78. The SMILES string of the molecule is CCc1ccc(CC)c(C(=O)CSc2nnc(CCC(N)=O)n2C2CC2)c1. The van der Waals surface area contributed by atoms with Crippen molar-refractivity contribution in [3.8, 4) is 0 Å². The fourth-order valence-electron chi connectivity index (χ4n) is 3.13. The molecule has 0 spiro atoms. The summed E-state index contributed by atoms with van der Waals surface area (Å²) in [7, 11) is 0. The Kier molecular flexibility index (Phi) is 6.31. The van der Waals surface area contributed by atoms with Crippen LogP contribution in [0.15, 0.2) is 23.4 Å². The second kappa shape index (κ2) is 8.69. The summed E-state index contributed by atoms with van der Waals surface area (Å²) in [5.41, 5.74) is 8.33. The van der Waals surface area contributed by atoms with Crippen LogP contribution in [0.2, 0.25) is 0 Å². The summed E-state index contributed by atoms with van der Waals surface area (Å²) in [6, 6.07) is 6.56. The van der Waals surface area contributed by atoms with E-state index in [0.717, 1.165) is 47.8 Å². The molecule has 27 heavy (non-hydrogen) atoms. The molecule has 0 saturated heterocycles. The van der Waals surface area contributed by atoms with Gasteiger partial charge in [-0.25, -0.2) is 0 Å². The minimum Gasteiger partial charge on any atom is -0.370 e. The number of hydrogen-bond acceptors (Lipinski definition) is 5. The van der Waals surface area contributed by atoms with Crippen LogP contribution in [0.4, 0.5) is 0 Å². The average molecular weight is 387 g/mol. The number of Topliss-reactive ketones (excluding diaryl/α,β-unsaturated/α-hetero) is 1. The minimum absolute atomic E-state index is 0.121. The molecule has 7 heteroatoms. The van der Waals surface area contributed by atoms with E-state index in [0.29, 0.717) is 18.2 Å². The first kappa shape index (κ1) is 19.6. The van der Waals surface area contributed by atoms with Crippen molar-refractivity contribution >= 4 is 23.5 Å². The number of nitrogens with two attached hydrogens (primary N) is 1. The number of carbonyl (C=O) groups is 2.